The van der Waals surface area contributed by atoms with Crippen LogP contribution >= 0.6 is 10.0 Å². The molecular formula is C20H17F3S. The zero-order valence-electron chi connectivity index (χ0n) is 13.1. The molecule has 0 N–H and O–H groups in total. The molecule has 0 saturated carbocycles. The van der Waals surface area contributed by atoms with Crippen molar-refractivity contribution in [1.29, 1.82) is 0 Å². The summed E-state index contributed by atoms with van der Waals surface area (Å²) in [5.74, 6) is 0. The van der Waals surface area contributed by atoms with Crippen molar-refractivity contribution in [2.45, 2.75) is 20.9 Å². The smallest absolute Gasteiger partial charge is 0.166 e. The normalized spacial score (nSPS) is 12.8. The van der Waals surface area contributed by atoms with E-state index >= 15 is 0 Å². The summed E-state index contributed by atoms with van der Waals surface area (Å²) in [6.45, 7) is 0. The average Bonchev–Trinajstić information content (AvgIpc) is 2.62. The second-order valence-electron chi connectivity index (χ2n) is 5.57. The molecule has 0 saturated heterocycles. The van der Waals surface area contributed by atoms with E-state index in [0.29, 0.717) is 4.90 Å². The molecule has 3 rings (SSSR count). The lowest BCUT2D eigenvalue weighted by Crippen LogP contribution is -2.07. The molecule has 0 heterocycles. The van der Waals surface area contributed by atoms with Gasteiger partial charge in [-0.05, 0) is 63.4 Å². The van der Waals surface area contributed by atoms with Crippen molar-refractivity contribution < 1.29 is 13.2 Å². The molecule has 0 bridgehead atoms. The van der Waals surface area contributed by atoms with E-state index in [1.807, 2.05) is 66.9 Å². The highest BCUT2D eigenvalue weighted by Gasteiger charge is 2.33. The average molecular weight is 346 g/mol. The zero-order valence-corrected chi connectivity index (χ0v) is 13.9. The first-order valence-electron chi connectivity index (χ1n) is 7.48. The van der Waals surface area contributed by atoms with Gasteiger partial charge in [0.25, 0.3) is 0 Å². The molecule has 0 aliphatic carbocycles. The van der Waals surface area contributed by atoms with Crippen LogP contribution in [0.5, 0.6) is 0 Å². The molecule has 0 aliphatic rings. The Morgan fingerprint density at radius 3 is 1.54 bits per heavy atom. The minimum absolute atomic E-state index is 0.606. The first-order valence-corrected chi connectivity index (χ1v) is 9.52. The van der Waals surface area contributed by atoms with Crippen LogP contribution in [-0.4, -0.2) is 6.26 Å². The number of rotatable bonds is 3. The van der Waals surface area contributed by atoms with E-state index in [1.54, 1.807) is 6.07 Å². The van der Waals surface area contributed by atoms with Crippen molar-refractivity contribution in [1.82, 2.24) is 0 Å². The summed E-state index contributed by atoms with van der Waals surface area (Å²) in [7, 11) is -1.76. The van der Waals surface area contributed by atoms with E-state index in [-0.39, 0.29) is 0 Å². The monoisotopic (exact) mass is 346 g/mol. The molecule has 24 heavy (non-hydrogen) atoms. The maximum absolute atomic E-state index is 13.2. The van der Waals surface area contributed by atoms with Gasteiger partial charge in [0.15, 0.2) is 0 Å². The van der Waals surface area contributed by atoms with Crippen molar-refractivity contribution in [3.63, 3.8) is 0 Å². The molecule has 0 fully saturated rings. The Balaban J connectivity index is 2.24. The van der Waals surface area contributed by atoms with Gasteiger partial charge in [0, 0.05) is 0 Å². The highest BCUT2D eigenvalue weighted by atomic mass is 32.3. The minimum atomic E-state index is -4.34. The minimum Gasteiger partial charge on any atom is -0.166 e. The van der Waals surface area contributed by atoms with E-state index in [0.717, 1.165) is 15.9 Å². The highest BCUT2D eigenvalue weighted by molar-refractivity contribution is 8.33. The van der Waals surface area contributed by atoms with Crippen molar-refractivity contribution in [2.24, 2.45) is 0 Å². The lowest BCUT2D eigenvalue weighted by molar-refractivity contribution is -0.137. The van der Waals surface area contributed by atoms with Gasteiger partial charge in [0.1, 0.15) is 0 Å². The molecule has 124 valence electrons. The molecule has 0 spiro atoms. The Bertz CT molecular complexity index is 772. The largest absolute Gasteiger partial charge is 0.416 e. The fourth-order valence-electron chi connectivity index (χ4n) is 2.72. The Hall–Kier alpha value is -2.20. The van der Waals surface area contributed by atoms with Gasteiger partial charge in [-0.25, -0.2) is 0 Å². The quantitative estimate of drug-likeness (QED) is 0.500. The molecule has 0 unspecified atom stereocenters. The van der Waals surface area contributed by atoms with Gasteiger partial charge in [-0.15, -0.1) is 0 Å². The maximum atomic E-state index is 13.2. The van der Waals surface area contributed by atoms with E-state index in [2.05, 4.69) is 0 Å². The zero-order chi connectivity index (χ0) is 17.2. The summed E-state index contributed by atoms with van der Waals surface area (Å²) in [6.07, 6.45) is -2.29. The highest BCUT2D eigenvalue weighted by Crippen LogP contribution is 2.65. The van der Waals surface area contributed by atoms with Crippen LogP contribution in [0.4, 0.5) is 13.2 Å². The van der Waals surface area contributed by atoms with Gasteiger partial charge in [0.05, 0.1) is 5.56 Å². The van der Waals surface area contributed by atoms with Crippen LogP contribution in [0.3, 0.4) is 0 Å². The van der Waals surface area contributed by atoms with Crippen molar-refractivity contribution >= 4 is 10.0 Å². The predicted octanol–water partition coefficient (Wildman–Crippen LogP) is 6.62. The third-order valence-electron chi connectivity index (χ3n) is 4.06. The molecule has 0 aliphatic heterocycles. The second kappa shape index (κ2) is 6.36. The molecule has 0 radical (unpaired) electrons. The Morgan fingerprint density at radius 2 is 1.08 bits per heavy atom. The summed E-state index contributed by atoms with van der Waals surface area (Å²) in [5, 5.41) is 0. The number of benzene rings is 3. The predicted molar refractivity (Wildman–Crippen MR) is 92.6 cm³/mol. The van der Waals surface area contributed by atoms with E-state index in [1.165, 1.54) is 12.1 Å². The Kier molecular flexibility index (Phi) is 4.41. The van der Waals surface area contributed by atoms with E-state index < -0.39 is 21.8 Å². The summed E-state index contributed by atoms with van der Waals surface area (Å²) >= 11 is 0. The number of halogens is 3. The topological polar surface area (TPSA) is 0 Å². The SMILES string of the molecule is CS(c1ccccc1)(c1ccccc1)c1cccc(C(F)(F)F)c1. The van der Waals surface area contributed by atoms with Gasteiger partial charge in [-0.2, -0.15) is 23.2 Å². The standard InChI is InChI=1S/C20H17F3S/c1-24(17-10-4-2-5-11-17,18-12-6-3-7-13-18)19-14-8-9-16(15-19)20(21,22)23/h2-15H,1H3. The summed E-state index contributed by atoms with van der Waals surface area (Å²) < 4.78 is 39.5. The number of hydrogen-bond donors (Lipinski definition) is 0. The van der Waals surface area contributed by atoms with Gasteiger partial charge in [-0.1, -0.05) is 42.5 Å². The number of hydrogen-bond acceptors (Lipinski definition) is 0. The van der Waals surface area contributed by atoms with E-state index in [9.17, 15) is 13.2 Å². The molecule has 0 aromatic heterocycles. The van der Waals surface area contributed by atoms with Crippen LogP contribution in [0.15, 0.2) is 99.6 Å². The fourth-order valence-corrected chi connectivity index (χ4v) is 5.65. The Labute approximate surface area is 141 Å². The lowest BCUT2D eigenvalue weighted by Gasteiger charge is -2.37. The van der Waals surface area contributed by atoms with Crippen LogP contribution in [0, 0.1) is 0 Å². The molecule has 3 aromatic carbocycles. The summed E-state index contributed by atoms with van der Waals surface area (Å²) in [6, 6.07) is 25.2. The van der Waals surface area contributed by atoms with Crippen molar-refractivity contribution in [3.8, 4) is 0 Å². The molecule has 0 nitrogen and oxygen atoms in total. The van der Waals surface area contributed by atoms with Crippen LogP contribution in [-0.2, 0) is 6.18 Å². The molecule has 3 aromatic rings. The summed E-state index contributed by atoms with van der Waals surface area (Å²) in [5.41, 5.74) is -0.606. The van der Waals surface area contributed by atoms with Gasteiger partial charge < -0.3 is 0 Å². The molecule has 4 heteroatoms. The summed E-state index contributed by atoms with van der Waals surface area (Å²) in [4.78, 5) is 2.78. The van der Waals surface area contributed by atoms with Crippen molar-refractivity contribution in [3.05, 3.63) is 90.5 Å². The van der Waals surface area contributed by atoms with Crippen LogP contribution in [0.25, 0.3) is 0 Å². The third kappa shape index (κ3) is 3.06. The first-order chi connectivity index (χ1) is 11.4. The Morgan fingerprint density at radius 1 is 0.625 bits per heavy atom. The van der Waals surface area contributed by atoms with Crippen LogP contribution in [0.1, 0.15) is 5.56 Å². The maximum Gasteiger partial charge on any atom is 0.416 e. The van der Waals surface area contributed by atoms with Gasteiger partial charge >= 0.3 is 6.18 Å². The first kappa shape index (κ1) is 16.7. The van der Waals surface area contributed by atoms with E-state index in [4.69, 9.17) is 0 Å². The third-order valence-corrected chi connectivity index (χ3v) is 7.69. The van der Waals surface area contributed by atoms with Crippen LogP contribution in [0.2, 0.25) is 0 Å². The molecule has 0 atom stereocenters. The van der Waals surface area contributed by atoms with Crippen LogP contribution < -0.4 is 0 Å². The fraction of sp³-hybridized carbons (Fsp3) is 0.100. The van der Waals surface area contributed by atoms with Gasteiger partial charge in [0.2, 0.25) is 0 Å². The lowest BCUT2D eigenvalue weighted by atomic mass is 10.2. The molecule has 0 amide bonds. The second-order valence-corrected chi connectivity index (χ2v) is 8.82. The molecular weight excluding hydrogens is 329 g/mol. The van der Waals surface area contributed by atoms with Crippen molar-refractivity contribution in [2.75, 3.05) is 6.26 Å². The van der Waals surface area contributed by atoms with Gasteiger partial charge in [-0.3, -0.25) is 0 Å². The number of alkyl halides is 3.